The summed E-state index contributed by atoms with van der Waals surface area (Å²) in [6.45, 7) is 4.30. The number of hydrogen-bond donors (Lipinski definition) is 2. The monoisotopic (exact) mass is 403 g/mol. The van der Waals surface area contributed by atoms with Gasteiger partial charge in [-0.05, 0) is 57.0 Å². The van der Waals surface area contributed by atoms with Gasteiger partial charge in [0.25, 0.3) is 5.91 Å². The number of hydrogen-bond acceptors (Lipinski definition) is 4. The number of rotatable bonds is 7. The van der Waals surface area contributed by atoms with E-state index in [0.29, 0.717) is 36.8 Å². The second-order valence-electron chi connectivity index (χ2n) is 6.24. The van der Waals surface area contributed by atoms with Crippen molar-refractivity contribution in [3.8, 4) is 0 Å². The molecule has 1 aromatic rings. The van der Waals surface area contributed by atoms with Crippen LogP contribution in [-0.4, -0.2) is 55.1 Å². The number of carbonyl (C=O) groups is 2. The Hall–Kier alpha value is -1.34. The first-order valence-electron chi connectivity index (χ1n) is 8.68. The summed E-state index contributed by atoms with van der Waals surface area (Å²) in [7, 11) is 0. The van der Waals surface area contributed by atoms with Crippen LogP contribution in [0.5, 0.6) is 0 Å². The molecule has 1 fully saturated rings. The van der Waals surface area contributed by atoms with Crippen LogP contribution in [0.25, 0.3) is 0 Å². The van der Waals surface area contributed by atoms with Gasteiger partial charge < -0.3 is 20.7 Å². The third kappa shape index (κ3) is 6.76. The molecule has 146 valence electrons. The number of nitrogens with two attached hydrogens (primary N) is 1. The van der Waals surface area contributed by atoms with E-state index in [4.69, 9.17) is 22.1 Å². The molecule has 1 aliphatic heterocycles. The average Bonchev–Trinajstić information content (AvgIpc) is 2.62. The number of nitrogens with one attached hydrogen (secondary N) is 1. The smallest absolute Gasteiger partial charge is 0.251 e. The highest BCUT2D eigenvalue weighted by molar-refractivity contribution is 6.30. The fourth-order valence-corrected chi connectivity index (χ4v) is 2.92. The third-order valence-corrected chi connectivity index (χ3v) is 4.53. The normalized spacial score (nSPS) is 15.9. The van der Waals surface area contributed by atoms with E-state index in [2.05, 4.69) is 5.32 Å². The van der Waals surface area contributed by atoms with Crippen LogP contribution >= 0.6 is 24.0 Å². The van der Waals surface area contributed by atoms with Gasteiger partial charge >= 0.3 is 0 Å². The van der Waals surface area contributed by atoms with Crippen LogP contribution in [0.15, 0.2) is 24.3 Å². The number of ether oxygens (including phenoxy) is 1. The molecule has 0 radical (unpaired) electrons. The van der Waals surface area contributed by atoms with E-state index >= 15 is 0 Å². The van der Waals surface area contributed by atoms with Crippen LogP contribution in [-0.2, 0) is 9.53 Å². The lowest BCUT2D eigenvalue weighted by Crippen LogP contribution is -2.50. The molecule has 1 atom stereocenters. The molecule has 2 rings (SSSR count). The van der Waals surface area contributed by atoms with Gasteiger partial charge in [0, 0.05) is 30.3 Å². The Morgan fingerprint density at radius 3 is 2.50 bits per heavy atom. The number of piperidine rings is 1. The lowest BCUT2D eigenvalue weighted by atomic mass is 10.1. The molecule has 3 N–H and O–H groups in total. The molecule has 0 spiro atoms. The maximum atomic E-state index is 12.5. The second kappa shape index (κ2) is 11.4. The summed E-state index contributed by atoms with van der Waals surface area (Å²) >= 11 is 5.82. The summed E-state index contributed by atoms with van der Waals surface area (Å²) in [4.78, 5) is 26.5. The highest BCUT2D eigenvalue weighted by Crippen LogP contribution is 2.15. The topological polar surface area (TPSA) is 84.7 Å². The van der Waals surface area contributed by atoms with Crippen molar-refractivity contribution in [1.82, 2.24) is 10.2 Å². The number of nitrogens with zero attached hydrogens (tertiary/aromatic N) is 1. The van der Waals surface area contributed by atoms with Gasteiger partial charge in [0.2, 0.25) is 5.91 Å². The number of carbonyl (C=O) groups excluding carboxylic acids is 2. The first-order chi connectivity index (χ1) is 12.0. The summed E-state index contributed by atoms with van der Waals surface area (Å²) < 4.78 is 5.75. The molecule has 26 heavy (non-hydrogen) atoms. The fourth-order valence-electron chi connectivity index (χ4n) is 2.79. The summed E-state index contributed by atoms with van der Waals surface area (Å²) in [5.74, 6) is -0.347. The highest BCUT2D eigenvalue weighted by Gasteiger charge is 2.27. The zero-order valence-corrected chi connectivity index (χ0v) is 16.5. The van der Waals surface area contributed by atoms with Gasteiger partial charge in [-0.15, -0.1) is 12.4 Å². The molecule has 8 heteroatoms. The maximum Gasteiger partial charge on any atom is 0.251 e. The first kappa shape index (κ1) is 22.7. The van der Waals surface area contributed by atoms with Crippen LogP contribution in [0.2, 0.25) is 5.02 Å². The molecule has 1 unspecified atom stereocenters. The Morgan fingerprint density at radius 1 is 1.31 bits per heavy atom. The van der Waals surface area contributed by atoms with Crippen molar-refractivity contribution in [2.24, 2.45) is 5.73 Å². The predicted molar refractivity (Wildman–Crippen MR) is 105 cm³/mol. The summed E-state index contributed by atoms with van der Waals surface area (Å²) in [6.07, 6.45) is 2.67. The van der Waals surface area contributed by atoms with Gasteiger partial charge in [0.15, 0.2) is 0 Å². The van der Waals surface area contributed by atoms with Crippen LogP contribution in [0.1, 0.15) is 36.5 Å². The standard InChI is InChI=1S/C18H26ClN3O3.ClH/c1-13(21-17(23)14-3-5-15(19)6-4-14)18(24)22-10-7-16(8-11-22)25-12-2-9-20;/h3-6,13,16H,2,7-12,20H2,1H3,(H,21,23);1H. The molecule has 2 amide bonds. The van der Waals surface area contributed by atoms with Gasteiger partial charge in [-0.1, -0.05) is 11.6 Å². The molecular formula is C18H27Cl2N3O3. The zero-order chi connectivity index (χ0) is 18.2. The molecule has 0 saturated carbocycles. The van der Waals surface area contributed by atoms with Gasteiger partial charge in [-0.2, -0.15) is 0 Å². The number of amides is 2. The minimum absolute atomic E-state index is 0. The van der Waals surface area contributed by atoms with Crippen LogP contribution in [0, 0.1) is 0 Å². The van der Waals surface area contributed by atoms with E-state index in [1.54, 1.807) is 36.1 Å². The lowest BCUT2D eigenvalue weighted by Gasteiger charge is -2.33. The van der Waals surface area contributed by atoms with Crippen molar-refractivity contribution in [2.45, 2.75) is 38.3 Å². The van der Waals surface area contributed by atoms with Gasteiger partial charge in [-0.3, -0.25) is 9.59 Å². The maximum absolute atomic E-state index is 12.5. The Morgan fingerprint density at radius 2 is 1.92 bits per heavy atom. The van der Waals surface area contributed by atoms with Crippen molar-refractivity contribution in [3.05, 3.63) is 34.9 Å². The molecule has 0 aliphatic carbocycles. The van der Waals surface area contributed by atoms with Crippen molar-refractivity contribution in [1.29, 1.82) is 0 Å². The number of benzene rings is 1. The SMILES string of the molecule is CC(NC(=O)c1ccc(Cl)cc1)C(=O)N1CCC(OCCCN)CC1.Cl. The Kier molecular flexibility index (Phi) is 9.94. The minimum Gasteiger partial charge on any atom is -0.378 e. The molecule has 1 heterocycles. The zero-order valence-electron chi connectivity index (χ0n) is 14.9. The molecule has 1 aromatic carbocycles. The molecule has 1 aliphatic rings. The summed E-state index contributed by atoms with van der Waals surface area (Å²) in [5.41, 5.74) is 5.94. The van der Waals surface area contributed by atoms with Gasteiger partial charge in [-0.25, -0.2) is 0 Å². The number of halogens is 2. The van der Waals surface area contributed by atoms with Gasteiger partial charge in [0.1, 0.15) is 6.04 Å². The lowest BCUT2D eigenvalue weighted by molar-refractivity contribution is -0.135. The Balaban J connectivity index is 0.00000338. The van der Waals surface area contributed by atoms with Crippen LogP contribution < -0.4 is 11.1 Å². The van der Waals surface area contributed by atoms with E-state index < -0.39 is 6.04 Å². The van der Waals surface area contributed by atoms with Crippen LogP contribution in [0.3, 0.4) is 0 Å². The Labute approximate surface area is 165 Å². The molecular weight excluding hydrogens is 377 g/mol. The van der Waals surface area contributed by atoms with Crippen molar-refractivity contribution >= 4 is 35.8 Å². The van der Waals surface area contributed by atoms with Crippen molar-refractivity contribution in [3.63, 3.8) is 0 Å². The Bertz CT molecular complexity index is 576. The van der Waals surface area contributed by atoms with E-state index in [0.717, 1.165) is 19.3 Å². The van der Waals surface area contributed by atoms with Crippen molar-refractivity contribution < 1.29 is 14.3 Å². The molecule has 1 saturated heterocycles. The van der Waals surface area contributed by atoms with E-state index in [1.165, 1.54) is 0 Å². The second-order valence-corrected chi connectivity index (χ2v) is 6.68. The van der Waals surface area contributed by atoms with Crippen LogP contribution in [0.4, 0.5) is 0 Å². The van der Waals surface area contributed by atoms with Crippen molar-refractivity contribution in [2.75, 3.05) is 26.2 Å². The number of likely N-dealkylation sites (tertiary alicyclic amines) is 1. The largest absolute Gasteiger partial charge is 0.378 e. The first-order valence-corrected chi connectivity index (χ1v) is 9.06. The predicted octanol–water partition coefficient (Wildman–Crippen LogP) is 2.24. The van der Waals surface area contributed by atoms with Gasteiger partial charge in [0.05, 0.1) is 6.10 Å². The van der Waals surface area contributed by atoms with E-state index in [-0.39, 0.29) is 30.3 Å². The van der Waals surface area contributed by atoms with E-state index in [1.807, 2.05) is 0 Å². The summed E-state index contributed by atoms with van der Waals surface area (Å²) in [6, 6.07) is 6.01. The summed E-state index contributed by atoms with van der Waals surface area (Å²) in [5, 5.41) is 3.31. The van der Waals surface area contributed by atoms with E-state index in [9.17, 15) is 9.59 Å². The highest BCUT2D eigenvalue weighted by atomic mass is 35.5. The third-order valence-electron chi connectivity index (χ3n) is 4.28. The molecule has 0 bridgehead atoms. The fraction of sp³-hybridized carbons (Fsp3) is 0.556. The molecule has 0 aromatic heterocycles. The molecule has 6 nitrogen and oxygen atoms in total. The average molecular weight is 404 g/mol. The minimum atomic E-state index is -0.571. The quantitative estimate of drug-likeness (QED) is 0.683.